The first kappa shape index (κ1) is 24.9. The molecule has 1 aliphatic carbocycles. The lowest BCUT2D eigenvalue weighted by atomic mass is 9.97. The second-order valence-corrected chi connectivity index (χ2v) is 10.7. The van der Waals surface area contributed by atoms with Crippen molar-refractivity contribution in [3.8, 4) is 0 Å². The van der Waals surface area contributed by atoms with Gasteiger partial charge < -0.3 is 9.73 Å². The number of halogens is 4. The molecule has 3 heterocycles. The highest BCUT2D eigenvalue weighted by Gasteiger charge is 2.31. The fourth-order valence-corrected chi connectivity index (χ4v) is 6.41. The van der Waals surface area contributed by atoms with Crippen molar-refractivity contribution in [3.63, 3.8) is 0 Å². The molecule has 0 radical (unpaired) electrons. The van der Waals surface area contributed by atoms with E-state index in [2.05, 4.69) is 5.32 Å². The topological polar surface area (TPSA) is 77.1 Å². The van der Waals surface area contributed by atoms with Gasteiger partial charge in [-0.15, -0.1) is 11.3 Å². The Bertz CT molecular complexity index is 1500. The van der Waals surface area contributed by atoms with Crippen LogP contribution in [0.15, 0.2) is 51.0 Å². The predicted molar refractivity (Wildman–Crippen MR) is 134 cm³/mol. The Morgan fingerprint density at radius 3 is 2.81 bits per heavy atom. The van der Waals surface area contributed by atoms with Gasteiger partial charge in [0.1, 0.15) is 10.6 Å². The number of thiophene rings is 1. The second kappa shape index (κ2) is 9.95. The number of amides is 1. The van der Waals surface area contributed by atoms with Crippen LogP contribution in [0.4, 0.5) is 18.9 Å². The molecule has 5 rings (SSSR count). The van der Waals surface area contributed by atoms with E-state index in [0.717, 1.165) is 61.2 Å². The lowest BCUT2D eigenvalue weighted by Crippen LogP contribution is -2.25. The Morgan fingerprint density at radius 1 is 1.25 bits per heavy atom. The average Bonchev–Trinajstić information content (AvgIpc) is 3.48. The van der Waals surface area contributed by atoms with Crippen molar-refractivity contribution in [2.75, 3.05) is 11.1 Å². The van der Waals surface area contributed by atoms with Gasteiger partial charge >= 0.3 is 6.18 Å². The van der Waals surface area contributed by atoms with E-state index in [9.17, 15) is 22.8 Å². The largest absolute Gasteiger partial charge is 0.467 e. The van der Waals surface area contributed by atoms with E-state index in [-0.39, 0.29) is 28.6 Å². The Morgan fingerprint density at radius 2 is 2.06 bits per heavy atom. The summed E-state index contributed by atoms with van der Waals surface area (Å²) in [5, 5.41) is 3.36. The van der Waals surface area contributed by atoms with Crippen molar-refractivity contribution in [3.05, 3.63) is 73.7 Å². The number of fused-ring (bicyclic) bond motifs is 3. The smallest absolute Gasteiger partial charge is 0.416 e. The number of nitrogens with one attached hydrogen (secondary N) is 1. The number of hydrogen-bond donors (Lipinski definition) is 1. The monoisotopic (exact) mass is 553 g/mol. The molecule has 0 spiro atoms. The first-order valence-corrected chi connectivity index (χ1v) is 13.3. The van der Waals surface area contributed by atoms with E-state index in [1.165, 1.54) is 27.0 Å². The number of aromatic nitrogens is 2. The summed E-state index contributed by atoms with van der Waals surface area (Å²) in [5.74, 6) is -0.205. The molecule has 1 aromatic carbocycles. The van der Waals surface area contributed by atoms with Crippen LogP contribution in [0.5, 0.6) is 0 Å². The highest BCUT2D eigenvalue weighted by Crippen LogP contribution is 2.36. The van der Waals surface area contributed by atoms with Gasteiger partial charge in [0, 0.05) is 4.88 Å². The van der Waals surface area contributed by atoms with Crippen molar-refractivity contribution in [2.45, 2.75) is 43.6 Å². The van der Waals surface area contributed by atoms with Crippen molar-refractivity contribution >= 4 is 56.5 Å². The van der Waals surface area contributed by atoms with Gasteiger partial charge in [-0.05, 0) is 61.6 Å². The van der Waals surface area contributed by atoms with Crippen molar-refractivity contribution < 1.29 is 22.4 Å². The number of carbonyl (C=O) groups excluding carboxylic acids is 1. The van der Waals surface area contributed by atoms with E-state index in [0.29, 0.717) is 21.1 Å². The SMILES string of the molecule is O=C(CSc1nc2sc3c(c2c(=O)n1Cc1ccco1)CCCC3)Nc1cc(C(F)(F)F)ccc1Cl. The zero-order valence-corrected chi connectivity index (χ0v) is 21.0. The summed E-state index contributed by atoms with van der Waals surface area (Å²) in [6.45, 7) is 0.142. The van der Waals surface area contributed by atoms with Crippen LogP contribution in [-0.2, 0) is 30.4 Å². The van der Waals surface area contributed by atoms with Crippen LogP contribution < -0.4 is 10.9 Å². The van der Waals surface area contributed by atoms with Gasteiger partial charge in [-0.3, -0.25) is 14.2 Å². The maximum absolute atomic E-state index is 13.6. The van der Waals surface area contributed by atoms with Crippen molar-refractivity contribution in [1.82, 2.24) is 9.55 Å². The van der Waals surface area contributed by atoms with E-state index in [1.54, 1.807) is 12.1 Å². The molecule has 0 aliphatic heterocycles. The molecule has 0 bridgehead atoms. The lowest BCUT2D eigenvalue weighted by molar-refractivity contribution is -0.137. The molecule has 6 nitrogen and oxygen atoms in total. The standard InChI is InChI=1S/C24H19ClF3N3O3S2/c25-16-8-7-13(24(26,27)28)10-17(16)29-19(32)12-35-23-30-21-20(15-5-1-2-6-18(15)36-21)22(33)31(23)11-14-4-3-9-34-14/h3-4,7-10H,1-2,5-6,11-12H2,(H,29,32). The Kier molecular flexibility index (Phi) is 6.88. The summed E-state index contributed by atoms with van der Waals surface area (Å²) in [7, 11) is 0. The molecule has 0 fully saturated rings. The number of hydrogen-bond acceptors (Lipinski definition) is 6. The molecule has 1 amide bonds. The van der Waals surface area contributed by atoms with Crippen LogP contribution in [0, 0.1) is 0 Å². The number of anilines is 1. The Hall–Kier alpha value is -2.76. The van der Waals surface area contributed by atoms with E-state index < -0.39 is 17.6 Å². The maximum Gasteiger partial charge on any atom is 0.416 e. The number of thioether (sulfide) groups is 1. The Labute approximate surface area is 216 Å². The molecule has 0 saturated carbocycles. The first-order valence-electron chi connectivity index (χ1n) is 11.1. The molecule has 1 N–H and O–H groups in total. The third-order valence-electron chi connectivity index (χ3n) is 5.83. The van der Waals surface area contributed by atoms with Gasteiger partial charge in [-0.25, -0.2) is 4.98 Å². The maximum atomic E-state index is 13.6. The molecular weight excluding hydrogens is 535 g/mol. The molecule has 12 heteroatoms. The number of carbonyl (C=O) groups is 1. The number of aryl methyl sites for hydroxylation is 2. The minimum absolute atomic E-state index is 0.0141. The zero-order valence-electron chi connectivity index (χ0n) is 18.7. The molecular formula is C24H19ClF3N3O3S2. The van der Waals surface area contributed by atoms with Crippen molar-refractivity contribution in [1.29, 1.82) is 0 Å². The van der Waals surface area contributed by atoms with Crippen LogP contribution in [0.3, 0.4) is 0 Å². The highest BCUT2D eigenvalue weighted by atomic mass is 35.5. The van der Waals surface area contributed by atoms with E-state index in [1.807, 2.05) is 0 Å². The molecule has 36 heavy (non-hydrogen) atoms. The lowest BCUT2D eigenvalue weighted by Gasteiger charge is -2.13. The summed E-state index contributed by atoms with van der Waals surface area (Å²) >= 11 is 8.52. The highest BCUT2D eigenvalue weighted by molar-refractivity contribution is 7.99. The second-order valence-electron chi connectivity index (χ2n) is 8.29. The number of nitrogens with zero attached hydrogens (tertiary/aromatic N) is 2. The fraction of sp³-hybridized carbons (Fsp3) is 0.292. The minimum Gasteiger partial charge on any atom is -0.467 e. The summed E-state index contributed by atoms with van der Waals surface area (Å²) in [4.78, 5) is 32.7. The first-order chi connectivity index (χ1) is 17.2. The summed E-state index contributed by atoms with van der Waals surface area (Å²) in [6.07, 6.45) is 0.777. The van der Waals surface area contributed by atoms with Gasteiger partial charge in [0.2, 0.25) is 5.91 Å². The number of alkyl halides is 3. The van der Waals surface area contributed by atoms with Crippen molar-refractivity contribution in [2.24, 2.45) is 0 Å². The summed E-state index contributed by atoms with van der Waals surface area (Å²) in [6, 6.07) is 6.19. The average molecular weight is 554 g/mol. The predicted octanol–water partition coefficient (Wildman–Crippen LogP) is 6.38. The number of furan rings is 1. The minimum atomic E-state index is -4.57. The van der Waals surface area contributed by atoms with Gasteiger partial charge in [-0.1, -0.05) is 23.4 Å². The molecule has 188 valence electrons. The summed E-state index contributed by atoms with van der Waals surface area (Å²) in [5.41, 5.74) is -0.199. The molecule has 1 aliphatic rings. The fourth-order valence-electron chi connectivity index (χ4n) is 4.14. The third kappa shape index (κ3) is 5.05. The third-order valence-corrected chi connectivity index (χ3v) is 8.33. The molecule has 4 aromatic rings. The van der Waals surface area contributed by atoms with Crippen LogP contribution >= 0.6 is 34.7 Å². The van der Waals surface area contributed by atoms with Gasteiger partial charge in [0.15, 0.2) is 5.16 Å². The zero-order chi connectivity index (χ0) is 25.4. The Balaban J connectivity index is 1.43. The summed E-state index contributed by atoms with van der Waals surface area (Å²) < 4.78 is 46.1. The van der Waals surface area contributed by atoms with Crippen LogP contribution in [0.25, 0.3) is 10.2 Å². The normalized spacial score (nSPS) is 13.7. The molecule has 3 aromatic heterocycles. The number of rotatable bonds is 6. The van der Waals surface area contributed by atoms with Gasteiger partial charge in [-0.2, -0.15) is 13.2 Å². The van der Waals surface area contributed by atoms with Gasteiger partial charge in [0.05, 0.1) is 40.2 Å². The van der Waals surface area contributed by atoms with E-state index in [4.69, 9.17) is 21.0 Å². The molecule has 0 saturated heterocycles. The van der Waals surface area contributed by atoms with Crippen LogP contribution in [0.1, 0.15) is 34.6 Å². The van der Waals surface area contributed by atoms with E-state index >= 15 is 0 Å². The quantitative estimate of drug-likeness (QED) is 0.221. The van der Waals surface area contributed by atoms with Crippen LogP contribution in [0.2, 0.25) is 5.02 Å². The van der Waals surface area contributed by atoms with Gasteiger partial charge in [0.25, 0.3) is 5.56 Å². The molecule has 0 unspecified atom stereocenters. The van der Waals surface area contributed by atoms with Crippen LogP contribution in [-0.4, -0.2) is 21.2 Å². The molecule has 0 atom stereocenters. The number of benzene rings is 1.